The molecule has 0 saturated heterocycles. The SMILES string of the molecule is CCCC(O)C(C)CC1CCC1. The number of hydrogen-bond acceptors (Lipinski definition) is 1. The number of hydrogen-bond donors (Lipinski definition) is 1. The summed E-state index contributed by atoms with van der Waals surface area (Å²) in [6.45, 7) is 4.33. The zero-order valence-corrected chi connectivity index (χ0v) is 8.42. The summed E-state index contributed by atoms with van der Waals surface area (Å²) >= 11 is 0. The van der Waals surface area contributed by atoms with Gasteiger partial charge in [-0.2, -0.15) is 0 Å². The zero-order valence-electron chi connectivity index (χ0n) is 8.42. The molecule has 12 heavy (non-hydrogen) atoms. The molecule has 1 saturated carbocycles. The second-order valence-electron chi connectivity index (χ2n) is 4.37. The van der Waals surface area contributed by atoms with Crippen LogP contribution in [0.3, 0.4) is 0 Å². The lowest BCUT2D eigenvalue weighted by atomic mass is 9.78. The normalized spacial score (nSPS) is 23.2. The molecule has 1 rings (SSSR count). The van der Waals surface area contributed by atoms with Crippen LogP contribution in [0.2, 0.25) is 0 Å². The molecule has 1 nitrogen and oxygen atoms in total. The maximum absolute atomic E-state index is 9.69. The summed E-state index contributed by atoms with van der Waals surface area (Å²) in [6.07, 6.45) is 7.52. The molecular weight excluding hydrogens is 148 g/mol. The molecule has 0 aromatic heterocycles. The van der Waals surface area contributed by atoms with Crippen LogP contribution in [-0.2, 0) is 0 Å². The van der Waals surface area contributed by atoms with Gasteiger partial charge in [0, 0.05) is 0 Å². The van der Waals surface area contributed by atoms with Gasteiger partial charge in [-0.3, -0.25) is 0 Å². The lowest BCUT2D eigenvalue weighted by Crippen LogP contribution is -2.23. The Labute approximate surface area is 76.2 Å². The minimum Gasteiger partial charge on any atom is -0.393 e. The summed E-state index contributed by atoms with van der Waals surface area (Å²) in [6, 6.07) is 0. The summed E-state index contributed by atoms with van der Waals surface area (Å²) in [5, 5.41) is 9.69. The Bertz CT molecular complexity index is 118. The molecule has 0 spiro atoms. The Hall–Kier alpha value is -0.0400. The average Bonchev–Trinajstić information content (AvgIpc) is 1.97. The minimum absolute atomic E-state index is 0.0457. The van der Waals surface area contributed by atoms with Crippen molar-refractivity contribution in [2.24, 2.45) is 11.8 Å². The molecule has 0 aromatic carbocycles. The second-order valence-corrected chi connectivity index (χ2v) is 4.37. The van der Waals surface area contributed by atoms with Crippen LogP contribution in [0.4, 0.5) is 0 Å². The highest BCUT2D eigenvalue weighted by Crippen LogP contribution is 2.33. The zero-order chi connectivity index (χ0) is 8.97. The third-order valence-corrected chi connectivity index (χ3v) is 3.17. The van der Waals surface area contributed by atoms with E-state index in [1.807, 2.05) is 0 Å². The van der Waals surface area contributed by atoms with Crippen molar-refractivity contribution in [1.82, 2.24) is 0 Å². The molecule has 0 aromatic rings. The van der Waals surface area contributed by atoms with Crippen LogP contribution in [-0.4, -0.2) is 11.2 Å². The van der Waals surface area contributed by atoms with Crippen molar-refractivity contribution >= 4 is 0 Å². The quantitative estimate of drug-likeness (QED) is 0.672. The van der Waals surface area contributed by atoms with Crippen molar-refractivity contribution in [3.05, 3.63) is 0 Å². The Kier molecular flexibility index (Phi) is 4.07. The van der Waals surface area contributed by atoms with Crippen molar-refractivity contribution in [2.75, 3.05) is 0 Å². The summed E-state index contributed by atoms with van der Waals surface area (Å²) in [5.41, 5.74) is 0. The van der Waals surface area contributed by atoms with Crippen molar-refractivity contribution in [3.8, 4) is 0 Å². The van der Waals surface area contributed by atoms with E-state index in [0.717, 1.165) is 18.8 Å². The van der Waals surface area contributed by atoms with Gasteiger partial charge in [-0.25, -0.2) is 0 Å². The molecule has 1 heteroatoms. The molecule has 2 unspecified atom stereocenters. The van der Waals surface area contributed by atoms with Crippen molar-refractivity contribution in [1.29, 1.82) is 0 Å². The second kappa shape index (κ2) is 4.86. The van der Waals surface area contributed by atoms with Crippen LogP contribution in [0.25, 0.3) is 0 Å². The first-order chi connectivity index (χ1) is 5.74. The molecule has 1 aliphatic carbocycles. The van der Waals surface area contributed by atoms with E-state index in [0.29, 0.717) is 5.92 Å². The van der Waals surface area contributed by atoms with Crippen LogP contribution in [0.5, 0.6) is 0 Å². The van der Waals surface area contributed by atoms with E-state index >= 15 is 0 Å². The van der Waals surface area contributed by atoms with Crippen molar-refractivity contribution in [3.63, 3.8) is 0 Å². The smallest absolute Gasteiger partial charge is 0.0565 e. The number of aliphatic hydroxyl groups excluding tert-OH is 1. The van der Waals surface area contributed by atoms with Crippen LogP contribution in [0, 0.1) is 11.8 Å². The minimum atomic E-state index is -0.0457. The van der Waals surface area contributed by atoms with Gasteiger partial charge in [-0.05, 0) is 24.7 Å². The van der Waals surface area contributed by atoms with Crippen molar-refractivity contribution in [2.45, 2.75) is 58.5 Å². The molecule has 1 aliphatic rings. The highest BCUT2D eigenvalue weighted by Gasteiger charge is 2.23. The number of rotatable bonds is 5. The van der Waals surface area contributed by atoms with Gasteiger partial charge in [0.25, 0.3) is 0 Å². The summed E-state index contributed by atoms with van der Waals surface area (Å²) < 4.78 is 0. The Balaban J connectivity index is 2.12. The fourth-order valence-corrected chi connectivity index (χ4v) is 1.99. The van der Waals surface area contributed by atoms with Gasteiger partial charge >= 0.3 is 0 Å². The van der Waals surface area contributed by atoms with Gasteiger partial charge in [0.05, 0.1) is 6.10 Å². The first kappa shape index (κ1) is 10.0. The third-order valence-electron chi connectivity index (χ3n) is 3.17. The van der Waals surface area contributed by atoms with Crippen LogP contribution in [0.15, 0.2) is 0 Å². The molecule has 0 radical (unpaired) electrons. The van der Waals surface area contributed by atoms with E-state index in [1.54, 1.807) is 0 Å². The molecule has 2 atom stereocenters. The van der Waals surface area contributed by atoms with Crippen LogP contribution in [0.1, 0.15) is 52.4 Å². The van der Waals surface area contributed by atoms with Gasteiger partial charge < -0.3 is 5.11 Å². The van der Waals surface area contributed by atoms with E-state index in [4.69, 9.17) is 0 Å². The first-order valence-corrected chi connectivity index (χ1v) is 5.42. The lowest BCUT2D eigenvalue weighted by Gasteiger charge is -2.30. The molecule has 0 bridgehead atoms. The third kappa shape index (κ3) is 2.78. The maximum atomic E-state index is 9.69. The molecule has 1 fully saturated rings. The Morgan fingerprint density at radius 1 is 1.42 bits per heavy atom. The highest BCUT2D eigenvalue weighted by atomic mass is 16.3. The van der Waals surface area contributed by atoms with Gasteiger partial charge in [0.1, 0.15) is 0 Å². The van der Waals surface area contributed by atoms with E-state index in [9.17, 15) is 5.11 Å². The highest BCUT2D eigenvalue weighted by molar-refractivity contribution is 4.75. The number of aliphatic hydroxyl groups is 1. The molecule has 0 amide bonds. The fourth-order valence-electron chi connectivity index (χ4n) is 1.99. The fraction of sp³-hybridized carbons (Fsp3) is 1.00. The predicted molar refractivity (Wildman–Crippen MR) is 52.0 cm³/mol. The molecule has 72 valence electrons. The molecule has 0 heterocycles. The average molecular weight is 170 g/mol. The predicted octanol–water partition coefficient (Wildman–Crippen LogP) is 2.97. The Morgan fingerprint density at radius 2 is 2.08 bits per heavy atom. The summed E-state index contributed by atoms with van der Waals surface area (Å²) in [7, 11) is 0. The lowest BCUT2D eigenvalue weighted by molar-refractivity contribution is 0.0822. The summed E-state index contributed by atoms with van der Waals surface area (Å²) in [5.74, 6) is 1.46. The van der Waals surface area contributed by atoms with E-state index in [1.165, 1.54) is 25.7 Å². The van der Waals surface area contributed by atoms with Gasteiger partial charge in [0.15, 0.2) is 0 Å². The van der Waals surface area contributed by atoms with Gasteiger partial charge in [-0.1, -0.05) is 39.5 Å². The topological polar surface area (TPSA) is 20.2 Å². The van der Waals surface area contributed by atoms with Crippen molar-refractivity contribution < 1.29 is 5.11 Å². The van der Waals surface area contributed by atoms with Gasteiger partial charge in [0.2, 0.25) is 0 Å². The van der Waals surface area contributed by atoms with Crippen LogP contribution < -0.4 is 0 Å². The summed E-state index contributed by atoms with van der Waals surface area (Å²) in [4.78, 5) is 0. The first-order valence-electron chi connectivity index (χ1n) is 5.42. The molecular formula is C11H22O. The largest absolute Gasteiger partial charge is 0.393 e. The maximum Gasteiger partial charge on any atom is 0.0565 e. The molecule has 1 N–H and O–H groups in total. The van der Waals surface area contributed by atoms with E-state index in [-0.39, 0.29) is 6.10 Å². The monoisotopic (exact) mass is 170 g/mol. The molecule has 0 aliphatic heterocycles. The van der Waals surface area contributed by atoms with Crippen LogP contribution >= 0.6 is 0 Å². The standard InChI is InChI=1S/C11H22O/c1-3-5-11(12)9(2)8-10-6-4-7-10/h9-12H,3-8H2,1-2H3. The van der Waals surface area contributed by atoms with E-state index in [2.05, 4.69) is 13.8 Å². The Morgan fingerprint density at radius 3 is 2.50 bits per heavy atom. The van der Waals surface area contributed by atoms with Gasteiger partial charge in [-0.15, -0.1) is 0 Å². The van der Waals surface area contributed by atoms with E-state index < -0.39 is 0 Å².